The molecule has 19 aromatic rings. The Labute approximate surface area is 658 Å². The molecular formula is C111H78N2. The van der Waals surface area contributed by atoms with Gasteiger partial charge in [-0.25, -0.2) is 0 Å². The van der Waals surface area contributed by atoms with Crippen LogP contribution in [0.1, 0.15) is 94.5 Å². The predicted octanol–water partition coefficient (Wildman–Crippen LogP) is 29.9. The highest BCUT2D eigenvalue weighted by Crippen LogP contribution is 2.59. The lowest BCUT2D eigenvalue weighted by Gasteiger charge is -2.31. The van der Waals surface area contributed by atoms with Gasteiger partial charge in [-0.2, -0.15) is 0 Å². The van der Waals surface area contributed by atoms with Gasteiger partial charge in [0.2, 0.25) is 0 Å². The molecule has 113 heavy (non-hydrogen) atoms. The van der Waals surface area contributed by atoms with Crippen molar-refractivity contribution in [2.75, 3.05) is 9.80 Å². The molecule has 4 aliphatic rings. The molecule has 532 valence electrons. The zero-order valence-electron chi connectivity index (χ0n) is 63.6. The molecule has 0 radical (unpaired) electrons. The first-order chi connectivity index (χ1) is 55.5. The third-order valence-electron chi connectivity index (χ3n) is 26.3. The van der Waals surface area contributed by atoms with Crippen molar-refractivity contribution in [1.82, 2.24) is 0 Å². The summed E-state index contributed by atoms with van der Waals surface area (Å²) >= 11 is 0. The monoisotopic (exact) mass is 1440 g/mol. The van der Waals surface area contributed by atoms with E-state index in [2.05, 4.69) is 414 Å². The van der Waals surface area contributed by atoms with Crippen LogP contribution in [-0.2, 0) is 29.1 Å². The maximum Gasteiger partial charge on any atom is 0.0546 e. The second-order valence-corrected chi connectivity index (χ2v) is 33.1. The molecule has 0 saturated heterocycles. The summed E-state index contributed by atoms with van der Waals surface area (Å²) in [5.41, 5.74) is 30.1. The van der Waals surface area contributed by atoms with Gasteiger partial charge in [0.1, 0.15) is 0 Å². The maximum atomic E-state index is 2.55. The molecule has 0 aromatic heterocycles. The second kappa shape index (κ2) is 24.7. The van der Waals surface area contributed by atoms with E-state index in [4.69, 9.17) is 0 Å². The molecule has 0 fully saturated rings. The van der Waals surface area contributed by atoms with Crippen LogP contribution in [0.2, 0.25) is 0 Å². The zero-order valence-corrected chi connectivity index (χ0v) is 63.6. The summed E-state index contributed by atoms with van der Waals surface area (Å²) in [6, 6.07) is 133. The predicted molar refractivity (Wildman–Crippen MR) is 482 cm³/mol. The fourth-order valence-electron chi connectivity index (χ4n) is 20.8. The third-order valence-corrected chi connectivity index (χ3v) is 26.3. The Bertz CT molecular complexity index is 6720. The Balaban J connectivity index is 0.560. The quantitative estimate of drug-likeness (QED) is 0.0995. The lowest BCUT2D eigenvalue weighted by molar-refractivity contribution is 0.563. The molecule has 0 atom stereocenters. The minimum atomic E-state index is -0.280. The highest BCUT2D eigenvalue weighted by molar-refractivity contribution is 6.21. The number of hydrogen-bond acceptors (Lipinski definition) is 2. The van der Waals surface area contributed by atoms with E-state index in [0.29, 0.717) is 0 Å². The van der Waals surface area contributed by atoms with E-state index in [0.717, 1.165) is 47.0 Å². The normalized spacial score (nSPS) is 14.4. The largest absolute Gasteiger partial charge is 0.309 e. The molecule has 23 rings (SSSR count). The van der Waals surface area contributed by atoms with E-state index in [-0.39, 0.29) is 16.2 Å². The van der Waals surface area contributed by atoms with Crippen LogP contribution in [0.15, 0.2) is 352 Å². The first kappa shape index (κ1) is 65.2. The van der Waals surface area contributed by atoms with E-state index in [1.165, 1.54) is 186 Å². The van der Waals surface area contributed by atoms with E-state index in [1.54, 1.807) is 0 Å². The van der Waals surface area contributed by atoms with Gasteiger partial charge in [-0.1, -0.05) is 355 Å². The van der Waals surface area contributed by atoms with Crippen molar-refractivity contribution in [2.45, 2.75) is 56.8 Å². The third kappa shape index (κ3) is 9.92. The van der Waals surface area contributed by atoms with Crippen molar-refractivity contribution in [2.24, 2.45) is 0 Å². The summed E-state index contributed by atoms with van der Waals surface area (Å²) < 4.78 is 0. The lowest BCUT2D eigenvalue weighted by atomic mass is 9.75. The van der Waals surface area contributed by atoms with Crippen molar-refractivity contribution in [1.29, 1.82) is 0 Å². The molecule has 2 nitrogen and oxygen atoms in total. The van der Waals surface area contributed by atoms with Crippen LogP contribution in [0.4, 0.5) is 34.1 Å². The molecule has 0 N–H and O–H groups in total. The number of nitrogens with zero attached hydrogens (tertiary/aromatic N) is 2. The van der Waals surface area contributed by atoms with E-state index < -0.39 is 0 Å². The molecule has 0 amide bonds. The topological polar surface area (TPSA) is 6.48 Å². The van der Waals surface area contributed by atoms with Crippen LogP contribution in [0, 0.1) is 0 Å². The van der Waals surface area contributed by atoms with E-state index in [1.807, 2.05) is 0 Å². The second-order valence-electron chi connectivity index (χ2n) is 33.1. The molecule has 0 aliphatic heterocycles. The van der Waals surface area contributed by atoms with Crippen molar-refractivity contribution in [3.63, 3.8) is 0 Å². The number of benzene rings is 19. The Morgan fingerprint density at radius 3 is 0.743 bits per heavy atom. The van der Waals surface area contributed by atoms with Gasteiger partial charge in [-0.05, 0) is 226 Å². The maximum absolute atomic E-state index is 2.55. The van der Waals surface area contributed by atoms with Crippen molar-refractivity contribution < 1.29 is 0 Å². The minimum Gasteiger partial charge on any atom is -0.309 e. The highest BCUT2D eigenvalue weighted by Gasteiger charge is 2.48. The fourth-order valence-corrected chi connectivity index (χ4v) is 20.8. The minimum absolute atomic E-state index is 0.191. The molecule has 4 aliphatic carbocycles. The molecule has 0 unspecified atom stereocenters. The smallest absolute Gasteiger partial charge is 0.0546 e. The molecule has 2 heteroatoms. The first-order valence-corrected chi connectivity index (χ1v) is 40.0. The van der Waals surface area contributed by atoms with Crippen LogP contribution in [0.25, 0.3) is 144 Å². The van der Waals surface area contributed by atoms with E-state index >= 15 is 0 Å². The van der Waals surface area contributed by atoms with Gasteiger partial charge in [0.05, 0.1) is 22.7 Å². The molecule has 0 heterocycles. The number of rotatable bonds is 10. The summed E-state index contributed by atoms with van der Waals surface area (Å²) in [7, 11) is 0. The summed E-state index contributed by atoms with van der Waals surface area (Å²) in [6.07, 6.45) is 11.3. The summed E-state index contributed by atoms with van der Waals surface area (Å²) in [5.74, 6) is 0. The van der Waals surface area contributed by atoms with Crippen LogP contribution in [0.5, 0.6) is 0 Å². The van der Waals surface area contributed by atoms with Gasteiger partial charge in [-0.15, -0.1) is 0 Å². The summed E-state index contributed by atoms with van der Waals surface area (Å²) in [5, 5.41) is 19.8. The SMILES string of the molecule is CC1(C)c2cc(C=Cc3ccc4c(c3)C3(Cc5ccccc5C3)c3cc(C=Cc5ccc6c(c5)C(C)(C)c5cc(N(c7cc8ccccc8c8ccccc78)c7cc8ccccc8c8ccccc78)ccc5-6)ccc3-4)ccc2-c2ccc(N(c3cc4ccccc4c4ccccc34)c3cc4ccccc4c4ccccc34)cc21. The van der Waals surface area contributed by atoms with Crippen molar-refractivity contribution >= 4 is 145 Å². The fraction of sp³-hybridized carbons (Fsp3) is 0.0811. The van der Waals surface area contributed by atoms with E-state index in [9.17, 15) is 0 Å². The van der Waals surface area contributed by atoms with Gasteiger partial charge >= 0.3 is 0 Å². The van der Waals surface area contributed by atoms with Gasteiger partial charge in [-0.3, -0.25) is 0 Å². The molecule has 19 aromatic carbocycles. The highest BCUT2D eigenvalue weighted by atomic mass is 15.2. The molecule has 1 spiro atoms. The average molecular weight is 1440 g/mol. The van der Waals surface area contributed by atoms with Gasteiger partial charge in [0.25, 0.3) is 0 Å². The van der Waals surface area contributed by atoms with Gasteiger partial charge in [0, 0.05) is 49.2 Å². The Morgan fingerprint density at radius 1 is 0.212 bits per heavy atom. The molecule has 0 saturated carbocycles. The van der Waals surface area contributed by atoms with Crippen LogP contribution < -0.4 is 9.80 Å². The number of hydrogen-bond donors (Lipinski definition) is 0. The average Bonchev–Trinajstić information content (AvgIpc) is 1.44. The first-order valence-electron chi connectivity index (χ1n) is 40.0. The Morgan fingerprint density at radius 2 is 0.442 bits per heavy atom. The summed E-state index contributed by atoms with van der Waals surface area (Å²) in [6.45, 7) is 9.69. The van der Waals surface area contributed by atoms with Crippen LogP contribution in [-0.4, -0.2) is 0 Å². The van der Waals surface area contributed by atoms with Crippen molar-refractivity contribution in [3.05, 3.63) is 419 Å². The van der Waals surface area contributed by atoms with Crippen LogP contribution in [0.3, 0.4) is 0 Å². The number of fused-ring (bicyclic) bond motifs is 24. The molecule has 0 bridgehead atoms. The number of anilines is 6. The summed E-state index contributed by atoms with van der Waals surface area (Å²) in [4.78, 5) is 5.10. The van der Waals surface area contributed by atoms with Gasteiger partial charge in [0.15, 0.2) is 0 Å². The Hall–Kier alpha value is -13.7. The Kier molecular flexibility index (Phi) is 14.2. The molecular weight excluding hydrogens is 1360 g/mol. The van der Waals surface area contributed by atoms with Gasteiger partial charge < -0.3 is 9.80 Å². The van der Waals surface area contributed by atoms with Crippen LogP contribution >= 0.6 is 0 Å². The lowest BCUT2D eigenvalue weighted by Crippen LogP contribution is -2.26. The zero-order chi connectivity index (χ0) is 75.0. The standard InChI is InChI=1S/C111H78N2/c1-109(2)99-57-69(45-51-89(99)91-55-49-79(65-101(91)109)112(105-61-73-23-7-11-29-81(73)85-33-15-19-37-95(85)105)106-62-74-24-8-12-30-82(74)86-34-16-20-38-96(86)106)41-43-71-47-53-93-94-54-48-72(60-104(94)111(103(93)59-71)67-77-27-5-6-28-78(77)68-111)44-42-70-46-52-90-92-56-50-80(66-102(92)110(3,4)100(90)58-70)113(107-63-75-25-9-13-31-83(75)87-35-17-21-39-97(87)107)108-64-76-26-10-14-32-84(76)88-36-18-22-40-98(88)108/h5-66H,67-68H2,1-4H3. The van der Waals surface area contributed by atoms with Crippen molar-refractivity contribution in [3.8, 4) is 33.4 Å².